The number of halogens is 1. The van der Waals surface area contributed by atoms with Gasteiger partial charge in [0.2, 0.25) is 0 Å². The summed E-state index contributed by atoms with van der Waals surface area (Å²) in [6.07, 6.45) is 5.06. The fourth-order valence-electron chi connectivity index (χ4n) is 1.21. The maximum atomic E-state index is 6.02. The molecule has 0 saturated carbocycles. The van der Waals surface area contributed by atoms with E-state index in [-0.39, 0.29) is 0 Å². The van der Waals surface area contributed by atoms with Crippen molar-refractivity contribution in [3.8, 4) is 11.1 Å². The lowest BCUT2D eigenvalue weighted by Gasteiger charge is -2.04. The molecule has 70 valence electrons. The van der Waals surface area contributed by atoms with Crippen LogP contribution in [0, 0.1) is 0 Å². The molecular formula is C10H8ClN3. The molecule has 0 fully saturated rings. The number of nitrogens with two attached hydrogens (primary N) is 1. The molecule has 0 aliphatic heterocycles. The molecule has 0 spiro atoms. The monoisotopic (exact) mass is 205 g/mol. The van der Waals surface area contributed by atoms with E-state index in [1.165, 1.54) is 0 Å². The number of hydrogen-bond acceptors (Lipinski definition) is 3. The highest BCUT2D eigenvalue weighted by molar-refractivity contribution is 6.35. The zero-order valence-electron chi connectivity index (χ0n) is 7.31. The van der Waals surface area contributed by atoms with Crippen molar-refractivity contribution >= 4 is 17.4 Å². The van der Waals surface area contributed by atoms with E-state index in [2.05, 4.69) is 9.97 Å². The molecule has 3 nitrogen and oxygen atoms in total. The first kappa shape index (κ1) is 8.97. The Morgan fingerprint density at radius 2 is 1.79 bits per heavy atom. The van der Waals surface area contributed by atoms with Crippen molar-refractivity contribution < 1.29 is 0 Å². The Balaban J connectivity index is 2.58. The first-order valence-corrected chi connectivity index (χ1v) is 4.47. The molecule has 0 bridgehead atoms. The third-order valence-corrected chi connectivity index (χ3v) is 2.30. The van der Waals surface area contributed by atoms with Crippen LogP contribution in [0.2, 0.25) is 5.02 Å². The van der Waals surface area contributed by atoms with Gasteiger partial charge in [0.25, 0.3) is 0 Å². The van der Waals surface area contributed by atoms with Crippen molar-refractivity contribution in [1.82, 2.24) is 9.97 Å². The van der Waals surface area contributed by atoms with Gasteiger partial charge in [-0.3, -0.25) is 4.98 Å². The Morgan fingerprint density at radius 1 is 1.07 bits per heavy atom. The van der Waals surface area contributed by atoms with Gasteiger partial charge in [-0.15, -0.1) is 0 Å². The van der Waals surface area contributed by atoms with Crippen LogP contribution in [0.4, 0.5) is 5.82 Å². The Labute approximate surface area is 86.6 Å². The highest BCUT2D eigenvalue weighted by atomic mass is 35.5. The highest BCUT2D eigenvalue weighted by Crippen LogP contribution is 2.29. The predicted octanol–water partition coefficient (Wildman–Crippen LogP) is 2.38. The van der Waals surface area contributed by atoms with Crippen molar-refractivity contribution in [3.63, 3.8) is 0 Å². The lowest BCUT2D eigenvalue weighted by molar-refractivity contribution is 1.31. The standard InChI is InChI=1S/C10H8ClN3/c11-9-8(3-6-14-10(9)12)7-1-4-13-5-2-7/h1-6H,(H2,12,14). The quantitative estimate of drug-likeness (QED) is 0.778. The van der Waals surface area contributed by atoms with E-state index in [9.17, 15) is 0 Å². The maximum Gasteiger partial charge on any atom is 0.142 e. The lowest BCUT2D eigenvalue weighted by Crippen LogP contribution is -1.92. The summed E-state index contributed by atoms with van der Waals surface area (Å²) in [5, 5.41) is 0.485. The molecule has 0 saturated heterocycles. The van der Waals surface area contributed by atoms with Gasteiger partial charge in [0.05, 0.1) is 5.02 Å². The summed E-state index contributed by atoms with van der Waals surface area (Å²) in [6.45, 7) is 0. The van der Waals surface area contributed by atoms with E-state index in [0.29, 0.717) is 10.8 Å². The summed E-state index contributed by atoms with van der Waals surface area (Å²) < 4.78 is 0. The molecule has 2 aromatic rings. The van der Waals surface area contributed by atoms with Crippen molar-refractivity contribution in [2.75, 3.05) is 5.73 Å². The molecule has 2 N–H and O–H groups in total. The molecule has 14 heavy (non-hydrogen) atoms. The SMILES string of the molecule is Nc1nccc(-c2ccncc2)c1Cl. The number of pyridine rings is 2. The molecule has 0 aromatic carbocycles. The van der Waals surface area contributed by atoms with Crippen molar-refractivity contribution in [2.24, 2.45) is 0 Å². The molecule has 0 amide bonds. The Bertz CT molecular complexity index is 442. The molecule has 4 heteroatoms. The highest BCUT2D eigenvalue weighted by Gasteiger charge is 2.05. The number of rotatable bonds is 1. The summed E-state index contributed by atoms with van der Waals surface area (Å²) in [4.78, 5) is 7.83. The zero-order chi connectivity index (χ0) is 9.97. The summed E-state index contributed by atoms with van der Waals surface area (Å²) in [5.74, 6) is 0.348. The minimum Gasteiger partial charge on any atom is -0.382 e. The molecule has 0 atom stereocenters. The fraction of sp³-hybridized carbons (Fsp3) is 0. The first-order valence-electron chi connectivity index (χ1n) is 4.09. The molecule has 2 aromatic heterocycles. The number of nitrogens with zero attached hydrogens (tertiary/aromatic N) is 2. The second-order valence-corrected chi connectivity index (χ2v) is 3.17. The topological polar surface area (TPSA) is 51.8 Å². The van der Waals surface area contributed by atoms with E-state index >= 15 is 0 Å². The lowest BCUT2D eigenvalue weighted by atomic mass is 10.1. The average molecular weight is 206 g/mol. The molecule has 0 aliphatic carbocycles. The number of nitrogen functional groups attached to an aromatic ring is 1. The van der Waals surface area contributed by atoms with Gasteiger partial charge in [-0.2, -0.15) is 0 Å². The van der Waals surface area contributed by atoms with Crippen LogP contribution in [0.25, 0.3) is 11.1 Å². The molecule has 0 radical (unpaired) electrons. The second-order valence-electron chi connectivity index (χ2n) is 2.79. The largest absolute Gasteiger partial charge is 0.382 e. The summed E-state index contributed by atoms with van der Waals surface area (Å²) in [7, 11) is 0. The van der Waals surface area contributed by atoms with Crippen LogP contribution < -0.4 is 5.73 Å². The predicted molar refractivity (Wildman–Crippen MR) is 56.9 cm³/mol. The van der Waals surface area contributed by atoms with Crippen LogP contribution in [-0.4, -0.2) is 9.97 Å². The van der Waals surface area contributed by atoms with Gasteiger partial charge >= 0.3 is 0 Å². The van der Waals surface area contributed by atoms with Gasteiger partial charge in [-0.1, -0.05) is 11.6 Å². The van der Waals surface area contributed by atoms with Gasteiger partial charge in [0.1, 0.15) is 5.82 Å². The normalized spacial score (nSPS) is 10.1. The minimum absolute atomic E-state index is 0.348. The number of aromatic nitrogens is 2. The fourth-order valence-corrected chi connectivity index (χ4v) is 1.44. The molecule has 2 heterocycles. The average Bonchev–Trinajstić information content (AvgIpc) is 2.23. The van der Waals surface area contributed by atoms with Crippen molar-refractivity contribution in [1.29, 1.82) is 0 Å². The van der Waals surface area contributed by atoms with Crippen molar-refractivity contribution in [3.05, 3.63) is 41.8 Å². The van der Waals surface area contributed by atoms with Crippen LogP contribution in [0.1, 0.15) is 0 Å². The van der Waals surface area contributed by atoms with E-state index in [0.717, 1.165) is 11.1 Å². The van der Waals surface area contributed by atoms with E-state index < -0.39 is 0 Å². The third kappa shape index (κ3) is 1.54. The Kier molecular flexibility index (Phi) is 2.33. The Morgan fingerprint density at radius 3 is 2.50 bits per heavy atom. The van der Waals surface area contributed by atoms with Gasteiger partial charge in [0, 0.05) is 24.2 Å². The van der Waals surface area contributed by atoms with Gasteiger partial charge in [-0.05, 0) is 23.8 Å². The number of anilines is 1. The van der Waals surface area contributed by atoms with Gasteiger partial charge in [-0.25, -0.2) is 4.98 Å². The van der Waals surface area contributed by atoms with E-state index in [4.69, 9.17) is 17.3 Å². The van der Waals surface area contributed by atoms with Crippen LogP contribution in [0.3, 0.4) is 0 Å². The van der Waals surface area contributed by atoms with Gasteiger partial charge < -0.3 is 5.73 Å². The molecule has 2 rings (SSSR count). The number of hydrogen-bond donors (Lipinski definition) is 1. The molecule has 0 unspecified atom stereocenters. The van der Waals surface area contributed by atoms with Crippen LogP contribution in [0.15, 0.2) is 36.8 Å². The minimum atomic E-state index is 0.348. The van der Waals surface area contributed by atoms with E-state index in [1.54, 1.807) is 18.6 Å². The van der Waals surface area contributed by atoms with Crippen LogP contribution >= 0.6 is 11.6 Å². The first-order chi connectivity index (χ1) is 6.79. The van der Waals surface area contributed by atoms with Crippen LogP contribution in [-0.2, 0) is 0 Å². The zero-order valence-corrected chi connectivity index (χ0v) is 8.07. The van der Waals surface area contributed by atoms with Gasteiger partial charge in [0.15, 0.2) is 0 Å². The smallest absolute Gasteiger partial charge is 0.142 e. The summed E-state index contributed by atoms with van der Waals surface area (Å²) >= 11 is 6.02. The van der Waals surface area contributed by atoms with Crippen LogP contribution in [0.5, 0.6) is 0 Å². The summed E-state index contributed by atoms with van der Waals surface area (Å²) in [6, 6.07) is 5.58. The summed E-state index contributed by atoms with van der Waals surface area (Å²) in [5.41, 5.74) is 7.46. The maximum absolute atomic E-state index is 6.02. The van der Waals surface area contributed by atoms with E-state index in [1.807, 2.05) is 18.2 Å². The third-order valence-electron chi connectivity index (χ3n) is 1.91. The Hall–Kier alpha value is -1.61. The second kappa shape index (κ2) is 3.64. The molecular weight excluding hydrogens is 198 g/mol. The molecule has 0 aliphatic rings. The van der Waals surface area contributed by atoms with Crippen molar-refractivity contribution in [2.45, 2.75) is 0 Å².